The summed E-state index contributed by atoms with van der Waals surface area (Å²) in [5, 5.41) is 0. The van der Waals surface area contributed by atoms with Crippen LogP contribution in [0.3, 0.4) is 0 Å². The van der Waals surface area contributed by atoms with Gasteiger partial charge < -0.3 is 14.2 Å². The van der Waals surface area contributed by atoms with E-state index in [1.165, 1.54) is 16.7 Å². The van der Waals surface area contributed by atoms with Gasteiger partial charge in [0.2, 0.25) is 0 Å². The quantitative estimate of drug-likeness (QED) is 0.166. The highest BCUT2D eigenvalue weighted by molar-refractivity contribution is 6.22. The summed E-state index contributed by atoms with van der Waals surface area (Å²) in [5.41, 5.74) is 3.15. The third-order valence-electron chi connectivity index (χ3n) is 14.9. The summed E-state index contributed by atoms with van der Waals surface area (Å²) >= 11 is 0. The van der Waals surface area contributed by atoms with Crippen molar-refractivity contribution in [3.63, 3.8) is 0 Å². The van der Waals surface area contributed by atoms with Gasteiger partial charge in [-0.25, -0.2) is 4.79 Å². The zero-order valence-corrected chi connectivity index (χ0v) is 32.6. The lowest BCUT2D eigenvalue weighted by Crippen LogP contribution is -2.58. The van der Waals surface area contributed by atoms with Crippen LogP contribution >= 0.6 is 0 Å². The molecule has 2 aliphatic heterocycles. The maximum Gasteiger partial charge on any atom is 0.342 e. The molecule has 0 radical (unpaired) electrons. The number of carbonyl (C=O) groups is 2. The molecule has 6 aliphatic rings. The Morgan fingerprint density at radius 1 is 0.837 bits per heavy atom. The van der Waals surface area contributed by atoms with Gasteiger partial charge in [-0.1, -0.05) is 102 Å². The van der Waals surface area contributed by atoms with E-state index in [0.29, 0.717) is 35.7 Å². The minimum absolute atomic E-state index is 0.0120. The van der Waals surface area contributed by atoms with Gasteiger partial charge in [0.25, 0.3) is 0 Å². The van der Waals surface area contributed by atoms with E-state index in [2.05, 4.69) is 113 Å². The highest BCUT2D eigenvalue weighted by Crippen LogP contribution is 2.60. The van der Waals surface area contributed by atoms with Gasteiger partial charge in [0.05, 0.1) is 12.2 Å². The van der Waals surface area contributed by atoms with Crippen LogP contribution in [0.4, 0.5) is 0 Å². The van der Waals surface area contributed by atoms with Crippen LogP contribution in [0.2, 0.25) is 0 Å². The molecule has 5 nitrogen and oxygen atoms in total. The molecule has 1 spiro atoms. The van der Waals surface area contributed by atoms with Gasteiger partial charge in [-0.2, -0.15) is 0 Å². The lowest BCUT2D eigenvalue weighted by Gasteiger charge is -2.56. The third-order valence-corrected chi connectivity index (χ3v) is 14.9. The normalized spacial score (nSPS) is 51.0. The predicted molar refractivity (Wildman–Crippen MR) is 196 cm³/mol. The standard InChI is InChI=1S/C44H64O5/c1-22-18-26(5)36-20-25(4)23(2)14-15-24(3)35-17-16-34-38(43(35,13)40(45)37-32(11)44(36,21-22)49-41(37)46)27(6)19-28(7)39(34)48-42-31(10)29(8)30(9)33(12)47-42/h15-18,20,23,26-31,33-36,38-39,42H,14,19,21H2,1-13H3/b24-15+,25-20+. The molecule has 270 valence electrons. The van der Waals surface area contributed by atoms with Crippen LogP contribution in [0.1, 0.15) is 109 Å². The number of carbonyl (C=O) groups excluding carboxylic acids is 2. The molecule has 0 N–H and O–H groups in total. The first-order valence-corrected chi connectivity index (χ1v) is 19.4. The molecular formula is C44H64O5. The largest absolute Gasteiger partial charge is 0.450 e. The number of ether oxygens (including phenoxy) is 3. The molecule has 6 rings (SSSR count). The fourth-order valence-corrected chi connectivity index (χ4v) is 11.4. The molecule has 1 saturated carbocycles. The Bertz CT molecular complexity index is 1510. The number of hydrogen-bond donors (Lipinski definition) is 0. The molecule has 5 heteroatoms. The van der Waals surface area contributed by atoms with E-state index < -0.39 is 17.0 Å². The number of fused-ring (bicyclic) bond motifs is 3. The molecular weight excluding hydrogens is 608 g/mol. The molecule has 49 heavy (non-hydrogen) atoms. The van der Waals surface area contributed by atoms with Crippen molar-refractivity contribution in [2.45, 2.75) is 133 Å². The first kappa shape index (κ1) is 36.5. The van der Waals surface area contributed by atoms with Crippen LogP contribution in [-0.4, -0.2) is 35.9 Å². The van der Waals surface area contributed by atoms with Gasteiger partial charge in [-0.3, -0.25) is 4.79 Å². The van der Waals surface area contributed by atoms with E-state index in [1.54, 1.807) is 0 Å². The van der Waals surface area contributed by atoms with E-state index in [9.17, 15) is 4.79 Å². The van der Waals surface area contributed by atoms with Crippen LogP contribution < -0.4 is 0 Å². The Morgan fingerprint density at radius 2 is 1.53 bits per heavy atom. The molecule has 1 saturated heterocycles. The number of allylic oxidation sites excluding steroid dienone is 5. The van der Waals surface area contributed by atoms with Gasteiger partial charge in [0.1, 0.15) is 11.2 Å². The summed E-state index contributed by atoms with van der Waals surface area (Å²) in [5.74, 6) is 1.65. The molecule has 2 heterocycles. The van der Waals surface area contributed by atoms with E-state index in [-0.39, 0.29) is 65.7 Å². The molecule has 0 aromatic rings. The summed E-state index contributed by atoms with van der Waals surface area (Å²) in [7, 11) is 0. The molecule has 2 fully saturated rings. The molecule has 2 bridgehead atoms. The topological polar surface area (TPSA) is 61.8 Å². The summed E-state index contributed by atoms with van der Waals surface area (Å²) in [6.45, 7) is 28.9. The van der Waals surface area contributed by atoms with Gasteiger partial charge in [-0.05, 0) is 94.5 Å². The van der Waals surface area contributed by atoms with Crippen molar-refractivity contribution in [1.82, 2.24) is 0 Å². The molecule has 0 aromatic heterocycles. The fraction of sp³-hybridized carbons (Fsp3) is 0.727. The monoisotopic (exact) mass is 672 g/mol. The Balaban J connectivity index is 1.49. The summed E-state index contributed by atoms with van der Waals surface area (Å²) in [4.78, 5) is 29.9. The highest BCUT2D eigenvalue weighted by atomic mass is 16.7. The average Bonchev–Trinajstić information content (AvgIpc) is 3.27. The van der Waals surface area contributed by atoms with Crippen molar-refractivity contribution >= 4 is 11.8 Å². The van der Waals surface area contributed by atoms with Gasteiger partial charge >= 0.3 is 5.97 Å². The number of hydrogen-bond acceptors (Lipinski definition) is 5. The SMILES string of the molecule is CC1=CC(C)C2/C=C(\C)C(C)C/C=C(\C)C3C=CC4C(OC5OC(C)C(C)C(C)C5C)C(C)CC(C)C4C3(C)C(=O)C3=C(C)C2(C1)OC3=O. The van der Waals surface area contributed by atoms with Crippen molar-refractivity contribution in [2.75, 3.05) is 0 Å². The van der Waals surface area contributed by atoms with Crippen LogP contribution in [-0.2, 0) is 23.8 Å². The van der Waals surface area contributed by atoms with Crippen LogP contribution in [0, 0.1) is 70.5 Å². The smallest absolute Gasteiger partial charge is 0.342 e. The van der Waals surface area contributed by atoms with Gasteiger partial charge in [0.15, 0.2) is 12.1 Å². The second kappa shape index (κ2) is 13.1. The third kappa shape index (κ3) is 5.72. The highest BCUT2D eigenvalue weighted by Gasteiger charge is 2.62. The molecule has 4 aliphatic carbocycles. The van der Waals surface area contributed by atoms with Crippen molar-refractivity contribution in [3.8, 4) is 0 Å². The van der Waals surface area contributed by atoms with Gasteiger partial charge in [-0.15, -0.1) is 0 Å². The number of esters is 1. The van der Waals surface area contributed by atoms with Crippen LogP contribution in [0.5, 0.6) is 0 Å². The lowest BCUT2D eigenvalue weighted by atomic mass is 9.48. The first-order valence-electron chi connectivity index (χ1n) is 19.4. The summed E-state index contributed by atoms with van der Waals surface area (Å²) in [6, 6.07) is 0. The maximum atomic E-state index is 15.6. The van der Waals surface area contributed by atoms with Gasteiger partial charge in [0, 0.05) is 35.5 Å². The molecule has 16 atom stereocenters. The predicted octanol–water partition coefficient (Wildman–Crippen LogP) is 9.84. The summed E-state index contributed by atoms with van der Waals surface area (Å²) in [6.07, 6.45) is 14.0. The Labute approximate surface area is 297 Å². The first-order chi connectivity index (χ1) is 22.9. The van der Waals surface area contributed by atoms with E-state index >= 15 is 4.79 Å². The molecule has 0 aromatic carbocycles. The minimum atomic E-state index is -0.850. The zero-order valence-electron chi connectivity index (χ0n) is 32.6. The van der Waals surface area contributed by atoms with Crippen molar-refractivity contribution in [3.05, 3.63) is 58.2 Å². The van der Waals surface area contributed by atoms with E-state index in [0.717, 1.165) is 18.4 Å². The van der Waals surface area contributed by atoms with Crippen molar-refractivity contribution in [2.24, 2.45) is 70.5 Å². The Morgan fingerprint density at radius 3 is 2.22 bits per heavy atom. The second-order valence-electron chi connectivity index (χ2n) is 18.0. The Kier molecular flexibility index (Phi) is 9.75. The second-order valence-corrected chi connectivity index (χ2v) is 18.0. The Hall–Kier alpha value is -2.24. The minimum Gasteiger partial charge on any atom is -0.450 e. The number of rotatable bonds is 2. The lowest BCUT2D eigenvalue weighted by molar-refractivity contribution is -0.280. The number of Topliss-reactive ketones (excluding diaryl/α,β-unsaturated/α-hetero) is 1. The fourth-order valence-electron chi connectivity index (χ4n) is 11.4. The molecule has 0 amide bonds. The summed E-state index contributed by atoms with van der Waals surface area (Å²) < 4.78 is 20.2. The van der Waals surface area contributed by atoms with E-state index in [1.807, 2.05) is 6.92 Å². The van der Waals surface area contributed by atoms with E-state index in [4.69, 9.17) is 14.2 Å². The average molecular weight is 673 g/mol. The zero-order chi connectivity index (χ0) is 35.9. The molecule has 16 unspecified atom stereocenters. The van der Waals surface area contributed by atoms with Crippen molar-refractivity contribution < 1.29 is 23.8 Å². The van der Waals surface area contributed by atoms with Crippen LogP contribution in [0.15, 0.2) is 58.2 Å². The van der Waals surface area contributed by atoms with Crippen LogP contribution in [0.25, 0.3) is 0 Å². The maximum absolute atomic E-state index is 15.6. The number of ketones is 1. The van der Waals surface area contributed by atoms with Crippen molar-refractivity contribution in [1.29, 1.82) is 0 Å².